The molecule has 0 bridgehead atoms. The zero-order valence-corrected chi connectivity index (χ0v) is 16.5. The zero-order chi connectivity index (χ0) is 23.4. The largest absolute Gasteiger partial charge is 0.493 e. The van der Waals surface area contributed by atoms with E-state index in [1.54, 1.807) is 0 Å². The minimum absolute atomic E-state index is 0.0288. The molecule has 0 saturated carbocycles. The number of benzene rings is 2. The molecule has 0 radical (unpaired) electrons. The van der Waals surface area contributed by atoms with Crippen LogP contribution >= 0.6 is 0 Å². The van der Waals surface area contributed by atoms with Gasteiger partial charge in [-0.05, 0) is 35.9 Å². The first-order chi connectivity index (χ1) is 14.4. The molecule has 12 heteroatoms. The van der Waals surface area contributed by atoms with Crippen molar-refractivity contribution in [1.82, 2.24) is 5.32 Å². The Labute approximate surface area is 173 Å². The van der Waals surface area contributed by atoms with E-state index in [-0.39, 0.29) is 12.6 Å². The maximum atomic E-state index is 12.9. The molecule has 6 nitrogen and oxygen atoms in total. The molecule has 0 spiro atoms. The number of amides is 2. The normalized spacial score (nSPS) is 11.6. The van der Waals surface area contributed by atoms with Gasteiger partial charge in [-0.3, -0.25) is 0 Å². The summed E-state index contributed by atoms with van der Waals surface area (Å²) in [5, 5.41) is 4.32. The van der Waals surface area contributed by atoms with Crippen LogP contribution in [0.15, 0.2) is 30.3 Å². The Hall–Kier alpha value is -3.31. The molecule has 0 aliphatic rings. The molecule has 0 heterocycles. The molecule has 2 amide bonds. The van der Waals surface area contributed by atoms with Crippen molar-refractivity contribution in [3.05, 3.63) is 47.0 Å². The summed E-state index contributed by atoms with van der Waals surface area (Å²) < 4.78 is 93.0. The average Bonchev–Trinajstić information content (AvgIpc) is 2.69. The van der Waals surface area contributed by atoms with Gasteiger partial charge in [0.25, 0.3) is 0 Å². The highest BCUT2D eigenvalue weighted by atomic mass is 19.4. The number of halogens is 6. The number of hydrogen-bond donors (Lipinski definition) is 2. The number of alkyl halides is 6. The highest BCUT2D eigenvalue weighted by Gasteiger charge is 2.37. The van der Waals surface area contributed by atoms with Gasteiger partial charge in [-0.15, -0.1) is 0 Å². The van der Waals surface area contributed by atoms with Crippen LogP contribution in [0.5, 0.6) is 17.2 Å². The molecular weight excluding hydrogens is 434 g/mol. The summed E-state index contributed by atoms with van der Waals surface area (Å²) in [4.78, 5) is 12.1. The molecule has 0 saturated heterocycles. The predicted octanol–water partition coefficient (Wildman–Crippen LogP) is 5.07. The van der Waals surface area contributed by atoms with Crippen molar-refractivity contribution in [2.24, 2.45) is 0 Å². The maximum absolute atomic E-state index is 12.9. The molecule has 2 aromatic rings. The van der Waals surface area contributed by atoms with Gasteiger partial charge >= 0.3 is 18.4 Å². The lowest BCUT2D eigenvalue weighted by Crippen LogP contribution is -2.28. The van der Waals surface area contributed by atoms with Crippen molar-refractivity contribution in [3.8, 4) is 17.2 Å². The Kier molecular flexibility index (Phi) is 7.13. The predicted molar refractivity (Wildman–Crippen MR) is 98.4 cm³/mol. The van der Waals surface area contributed by atoms with Crippen LogP contribution in [0.25, 0.3) is 0 Å². The Morgan fingerprint density at radius 1 is 0.806 bits per heavy atom. The third kappa shape index (κ3) is 6.09. The third-order valence-electron chi connectivity index (χ3n) is 4.02. The molecule has 0 aliphatic carbocycles. The summed E-state index contributed by atoms with van der Waals surface area (Å²) in [6.07, 6.45) is -10.0. The molecule has 2 rings (SSSR count). The first kappa shape index (κ1) is 24.0. The number of nitrogens with one attached hydrogen (secondary N) is 2. The van der Waals surface area contributed by atoms with Crippen molar-refractivity contribution >= 4 is 11.7 Å². The summed E-state index contributed by atoms with van der Waals surface area (Å²) in [6, 6.07) is 2.82. The van der Waals surface area contributed by atoms with E-state index in [2.05, 4.69) is 5.32 Å². The number of carbonyl (C=O) groups excluding carboxylic acids is 1. The molecule has 170 valence electrons. The highest BCUT2D eigenvalue weighted by molar-refractivity contribution is 5.89. The number of ether oxygens (including phenoxy) is 3. The van der Waals surface area contributed by atoms with Crippen molar-refractivity contribution in [1.29, 1.82) is 0 Å². The fourth-order valence-corrected chi connectivity index (χ4v) is 2.62. The molecule has 0 unspecified atom stereocenters. The molecule has 0 aromatic heterocycles. The first-order valence-corrected chi connectivity index (χ1v) is 8.52. The third-order valence-corrected chi connectivity index (χ3v) is 4.02. The fourth-order valence-electron chi connectivity index (χ4n) is 2.62. The maximum Gasteiger partial charge on any atom is 0.416 e. The van der Waals surface area contributed by atoms with Gasteiger partial charge in [-0.25, -0.2) is 4.79 Å². The van der Waals surface area contributed by atoms with E-state index in [0.29, 0.717) is 34.9 Å². The van der Waals surface area contributed by atoms with Crippen molar-refractivity contribution in [2.45, 2.75) is 18.9 Å². The van der Waals surface area contributed by atoms with Crippen molar-refractivity contribution in [3.63, 3.8) is 0 Å². The van der Waals surface area contributed by atoms with Crippen LogP contribution in [0.1, 0.15) is 16.7 Å². The second-order valence-electron chi connectivity index (χ2n) is 6.14. The van der Waals surface area contributed by atoms with Gasteiger partial charge in [0.05, 0.1) is 32.5 Å². The molecule has 0 atom stereocenters. The number of carbonyl (C=O) groups is 1. The summed E-state index contributed by atoms with van der Waals surface area (Å²) in [5.41, 5.74) is -3.27. The summed E-state index contributed by atoms with van der Waals surface area (Å²) >= 11 is 0. The molecule has 2 N–H and O–H groups in total. The molecule has 0 aliphatic heterocycles. The summed E-state index contributed by atoms with van der Waals surface area (Å²) in [5.74, 6) is 0.903. The first-order valence-electron chi connectivity index (χ1n) is 8.52. The molecule has 2 aromatic carbocycles. The topological polar surface area (TPSA) is 68.8 Å². The number of anilines is 1. The highest BCUT2D eigenvalue weighted by Crippen LogP contribution is 2.39. The lowest BCUT2D eigenvalue weighted by atomic mass is 10.1. The quantitative estimate of drug-likeness (QED) is 0.601. The lowest BCUT2D eigenvalue weighted by Gasteiger charge is -2.16. The second-order valence-corrected chi connectivity index (χ2v) is 6.14. The Balaban J connectivity index is 2.20. The van der Waals surface area contributed by atoms with Crippen molar-refractivity contribution in [2.75, 3.05) is 26.6 Å². The minimum Gasteiger partial charge on any atom is -0.493 e. The summed E-state index contributed by atoms with van der Waals surface area (Å²) in [6.45, 7) is -0.131. The Morgan fingerprint density at radius 2 is 1.29 bits per heavy atom. The van der Waals surface area contributed by atoms with E-state index in [1.165, 1.54) is 33.5 Å². The standard InChI is InChI=1S/C19H18F6N2O4/c1-29-14-4-10(5-15(30-2)16(14)31-3)9-26-17(28)27-13-7-11(18(20,21)22)6-12(8-13)19(23,24)25/h4-8H,9H2,1-3H3,(H2,26,27,28). The monoisotopic (exact) mass is 452 g/mol. The number of urea groups is 1. The Morgan fingerprint density at radius 3 is 1.68 bits per heavy atom. The zero-order valence-electron chi connectivity index (χ0n) is 16.5. The fraction of sp³-hybridized carbons (Fsp3) is 0.316. The second kappa shape index (κ2) is 9.23. The van der Waals surface area contributed by atoms with E-state index in [0.717, 1.165) is 0 Å². The van der Waals surface area contributed by atoms with E-state index < -0.39 is 35.2 Å². The van der Waals surface area contributed by atoms with Crippen LogP contribution < -0.4 is 24.8 Å². The van der Waals surface area contributed by atoms with Crippen LogP contribution in [0, 0.1) is 0 Å². The number of hydrogen-bond acceptors (Lipinski definition) is 4. The van der Waals surface area contributed by atoms with E-state index >= 15 is 0 Å². The van der Waals surface area contributed by atoms with E-state index in [1.807, 2.05) is 5.32 Å². The van der Waals surface area contributed by atoms with Gasteiger partial charge in [-0.2, -0.15) is 26.3 Å². The lowest BCUT2D eigenvalue weighted by molar-refractivity contribution is -0.143. The SMILES string of the molecule is COc1cc(CNC(=O)Nc2cc(C(F)(F)F)cc(C(F)(F)F)c2)cc(OC)c1OC. The van der Waals surface area contributed by atoms with Crippen molar-refractivity contribution < 1.29 is 45.3 Å². The smallest absolute Gasteiger partial charge is 0.416 e. The minimum atomic E-state index is -5.02. The van der Waals surface area contributed by atoms with E-state index in [4.69, 9.17) is 14.2 Å². The van der Waals surface area contributed by atoms with Gasteiger partial charge in [0, 0.05) is 12.2 Å². The van der Waals surface area contributed by atoms with Gasteiger partial charge < -0.3 is 24.8 Å². The molecular formula is C19H18F6N2O4. The van der Waals surface area contributed by atoms with Crippen LogP contribution in [0.2, 0.25) is 0 Å². The molecule has 0 fully saturated rings. The van der Waals surface area contributed by atoms with Gasteiger partial charge in [-0.1, -0.05) is 0 Å². The number of rotatable bonds is 6. The number of methoxy groups -OCH3 is 3. The van der Waals surface area contributed by atoms with Crippen LogP contribution in [-0.2, 0) is 18.9 Å². The van der Waals surface area contributed by atoms with Gasteiger partial charge in [0.2, 0.25) is 5.75 Å². The van der Waals surface area contributed by atoms with E-state index in [9.17, 15) is 31.1 Å². The summed E-state index contributed by atoms with van der Waals surface area (Å²) in [7, 11) is 4.16. The molecule has 31 heavy (non-hydrogen) atoms. The van der Waals surface area contributed by atoms with Gasteiger partial charge in [0.15, 0.2) is 11.5 Å². The van der Waals surface area contributed by atoms with Crippen LogP contribution in [0.4, 0.5) is 36.8 Å². The Bertz CT molecular complexity index is 887. The van der Waals surface area contributed by atoms with Gasteiger partial charge in [0.1, 0.15) is 0 Å². The van der Waals surface area contributed by atoms with Crippen LogP contribution in [0.3, 0.4) is 0 Å². The average molecular weight is 452 g/mol. The van der Waals surface area contributed by atoms with Crippen LogP contribution in [-0.4, -0.2) is 27.4 Å².